The number of hydrogen-bond donors (Lipinski definition) is 1. The molecular weight excluding hydrogens is 546 g/mol. The Hall–Kier alpha value is -4.11. The summed E-state index contributed by atoms with van der Waals surface area (Å²) in [5.41, 5.74) is 3.25. The second-order valence-corrected chi connectivity index (χ2v) is 13.1. The molecule has 0 saturated carbocycles. The van der Waals surface area contributed by atoms with Crippen molar-refractivity contribution >= 4 is 50.5 Å². The monoisotopic (exact) mass is 581 g/mol. The maximum Gasteiger partial charge on any atom is 0.242 e. The molecule has 1 saturated heterocycles. The molecule has 1 fully saturated rings. The summed E-state index contributed by atoms with van der Waals surface area (Å²) in [6.45, 7) is 8.99. The van der Waals surface area contributed by atoms with Crippen molar-refractivity contribution in [3.05, 3.63) is 83.5 Å². The third kappa shape index (κ3) is 4.75. The van der Waals surface area contributed by atoms with E-state index in [2.05, 4.69) is 41.1 Å². The largest absolute Gasteiger partial charge is 0.464 e. The van der Waals surface area contributed by atoms with Gasteiger partial charge >= 0.3 is 0 Å². The van der Waals surface area contributed by atoms with Crippen LogP contribution >= 0.6 is 11.5 Å². The van der Waals surface area contributed by atoms with Gasteiger partial charge in [-0.3, -0.25) is 9.59 Å². The van der Waals surface area contributed by atoms with Gasteiger partial charge in [0.25, 0.3) is 0 Å². The predicted molar refractivity (Wildman–Crippen MR) is 167 cm³/mol. The number of ketones is 1. The van der Waals surface area contributed by atoms with Gasteiger partial charge in [0.1, 0.15) is 23.4 Å². The zero-order valence-electron chi connectivity index (χ0n) is 24.2. The minimum Gasteiger partial charge on any atom is -0.464 e. The van der Waals surface area contributed by atoms with E-state index in [1.165, 1.54) is 16.2 Å². The van der Waals surface area contributed by atoms with E-state index in [0.717, 1.165) is 53.5 Å². The van der Waals surface area contributed by atoms with E-state index >= 15 is 0 Å². The van der Waals surface area contributed by atoms with Gasteiger partial charge in [-0.15, -0.1) is 0 Å². The van der Waals surface area contributed by atoms with Gasteiger partial charge in [-0.25, -0.2) is 0 Å². The summed E-state index contributed by atoms with van der Waals surface area (Å²) in [7, 11) is 0. The first-order valence-corrected chi connectivity index (χ1v) is 15.4. The summed E-state index contributed by atoms with van der Waals surface area (Å²) in [5, 5.41) is 4.77. The number of benzene rings is 2. The highest BCUT2D eigenvalue weighted by Crippen LogP contribution is 2.48. The Labute approximate surface area is 249 Å². The Morgan fingerprint density at radius 3 is 2.57 bits per heavy atom. The maximum atomic E-state index is 14.0. The molecule has 2 aliphatic heterocycles. The number of carbonyl (C=O) groups excluding carboxylic acids is 2. The van der Waals surface area contributed by atoms with Gasteiger partial charge in [0.15, 0.2) is 5.78 Å². The van der Waals surface area contributed by atoms with Crippen molar-refractivity contribution in [3.8, 4) is 0 Å². The number of aromatic nitrogens is 1. The topological polar surface area (TPSA) is 81.9 Å². The molecule has 1 amide bonds. The van der Waals surface area contributed by atoms with E-state index in [0.29, 0.717) is 30.8 Å². The standard InChI is InChI=1S/C33H35N5O3S/c1-21-12-13-27(41-21)31-30-24(18-33(2,3)19-26(30)39)34-23-9-5-6-10-25(23)38(31)20-29(40)36-14-16-37(17-15-36)32-22-8-4-7-11-28(22)42-35-32/h4-13,31,34H,14-20H2,1-3H3. The summed E-state index contributed by atoms with van der Waals surface area (Å²) in [6.07, 6.45) is 1.20. The summed E-state index contributed by atoms with van der Waals surface area (Å²) in [5.74, 6) is 2.59. The number of rotatable bonds is 4. The number of piperazine rings is 1. The van der Waals surface area contributed by atoms with Crippen LogP contribution in [0, 0.1) is 12.3 Å². The number of hydrogen-bond acceptors (Lipinski definition) is 8. The molecule has 2 aromatic heterocycles. The number of para-hydroxylation sites is 2. The van der Waals surface area contributed by atoms with Crippen LogP contribution in [0.1, 0.15) is 44.3 Å². The number of nitrogens with one attached hydrogen (secondary N) is 1. The lowest BCUT2D eigenvalue weighted by Crippen LogP contribution is -2.52. The van der Waals surface area contributed by atoms with Gasteiger partial charge in [-0.2, -0.15) is 4.37 Å². The fraction of sp³-hybridized carbons (Fsp3) is 0.364. The molecule has 1 atom stereocenters. The number of nitrogens with zero attached hydrogens (tertiary/aromatic N) is 4. The first-order chi connectivity index (χ1) is 20.3. The molecule has 9 heteroatoms. The van der Waals surface area contributed by atoms with Crippen LogP contribution < -0.4 is 15.1 Å². The Morgan fingerprint density at radius 2 is 1.79 bits per heavy atom. The van der Waals surface area contributed by atoms with Crippen LogP contribution in [0.15, 0.2) is 76.4 Å². The van der Waals surface area contributed by atoms with E-state index in [-0.39, 0.29) is 23.7 Å². The van der Waals surface area contributed by atoms with Crippen molar-refractivity contribution in [2.75, 3.05) is 47.8 Å². The van der Waals surface area contributed by atoms with E-state index in [1.54, 1.807) is 0 Å². The number of fused-ring (bicyclic) bond motifs is 2. The number of allylic oxidation sites excluding steroid dienone is 1. The average molecular weight is 582 g/mol. The molecule has 4 heterocycles. The Morgan fingerprint density at radius 1 is 1.02 bits per heavy atom. The van der Waals surface area contributed by atoms with Gasteiger partial charge in [0.05, 0.1) is 22.6 Å². The molecule has 8 nitrogen and oxygen atoms in total. The van der Waals surface area contributed by atoms with Gasteiger partial charge in [0.2, 0.25) is 5.91 Å². The predicted octanol–water partition coefficient (Wildman–Crippen LogP) is 6.16. The SMILES string of the molecule is Cc1ccc(C2C3=C(CC(C)(C)CC3=O)Nc3ccccc3N2CC(=O)N2CCN(c3nsc4ccccc34)CC2)o1. The second kappa shape index (κ2) is 10.3. The van der Waals surface area contributed by atoms with Gasteiger partial charge in [-0.05, 0) is 66.7 Å². The minimum absolute atomic E-state index is 0.0357. The second-order valence-electron chi connectivity index (χ2n) is 12.3. The molecule has 1 unspecified atom stereocenters. The lowest BCUT2D eigenvalue weighted by molar-refractivity contribution is -0.130. The summed E-state index contributed by atoms with van der Waals surface area (Å²) >= 11 is 1.52. The van der Waals surface area contributed by atoms with E-state index < -0.39 is 6.04 Å². The van der Waals surface area contributed by atoms with Crippen LogP contribution in [-0.2, 0) is 9.59 Å². The van der Waals surface area contributed by atoms with Crippen molar-refractivity contribution in [3.63, 3.8) is 0 Å². The zero-order chi connectivity index (χ0) is 29.0. The van der Waals surface area contributed by atoms with Crippen LogP contribution in [-0.4, -0.2) is 53.7 Å². The highest BCUT2D eigenvalue weighted by molar-refractivity contribution is 7.13. The molecule has 216 valence electrons. The highest BCUT2D eigenvalue weighted by atomic mass is 32.1. The van der Waals surface area contributed by atoms with Crippen molar-refractivity contribution in [2.45, 2.75) is 39.7 Å². The Balaban J connectivity index is 1.20. The quantitative estimate of drug-likeness (QED) is 0.309. The lowest BCUT2D eigenvalue weighted by atomic mass is 9.74. The lowest BCUT2D eigenvalue weighted by Gasteiger charge is -2.39. The molecule has 4 aromatic rings. The Bertz CT molecular complexity index is 1710. The number of aryl methyl sites for hydroxylation is 1. The molecule has 0 spiro atoms. The smallest absolute Gasteiger partial charge is 0.242 e. The third-order valence-corrected chi connectivity index (χ3v) is 9.45. The van der Waals surface area contributed by atoms with Crippen LogP contribution in [0.5, 0.6) is 0 Å². The molecule has 42 heavy (non-hydrogen) atoms. The number of Topliss-reactive ketones (excluding diaryl/α,β-unsaturated/α-hetero) is 1. The number of anilines is 3. The molecule has 0 bridgehead atoms. The molecule has 1 aliphatic carbocycles. The van der Waals surface area contributed by atoms with Crippen LogP contribution in [0.4, 0.5) is 17.2 Å². The third-order valence-electron chi connectivity index (χ3n) is 8.63. The number of furan rings is 1. The van der Waals surface area contributed by atoms with Crippen LogP contribution in [0.2, 0.25) is 0 Å². The van der Waals surface area contributed by atoms with Gasteiger partial charge in [0, 0.05) is 49.3 Å². The molecule has 1 N–H and O–H groups in total. The summed E-state index contributed by atoms with van der Waals surface area (Å²) < 4.78 is 12.1. The Kier molecular flexibility index (Phi) is 6.57. The fourth-order valence-electron chi connectivity index (χ4n) is 6.64. The molecule has 0 radical (unpaired) electrons. The van der Waals surface area contributed by atoms with E-state index in [4.69, 9.17) is 8.79 Å². The fourth-order valence-corrected chi connectivity index (χ4v) is 7.43. The van der Waals surface area contributed by atoms with E-state index in [1.807, 2.05) is 60.4 Å². The molecule has 3 aliphatic rings. The van der Waals surface area contributed by atoms with Crippen LogP contribution in [0.3, 0.4) is 0 Å². The van der Waals surface area contributed by atoms with E-state index in [9.17, 15) is 9.59 Å². The summed E-state index contributed by atoms with van der Waals surface area (Å²) in [4.78, 5) is 34.2. The first kappa shape index (κ1) is 26.8. The average Bonchev–Trinajstić information content (AvgIpc) is 3.57. The maximum absolute atomic E-state index is 14.0. The highest BCUT2D eigenvalue weighted by Gasteiger charge is 2.43. The summed E-state index contributed by atoms with van der Waals surface area (Å²) in [6, 6.07) is 19.7. The number of carbonyl (C=O) groups is 2. The molecule has 2 aromatic carbocycles. The molecular formula is C33H35N5O3S. The first-order valence-electron chi connectivity index (χ1n) is 14.6. The van der Waals surface area contributed by atoms with Crippen molar-refractivity contribution in [1.29, 1.82) is 0 Å². The van der Waals surface area contributed by atoms with Gasteiger partial charge in [-0.1, -0.05) is 38.1 Å². The van der Waals surface area contributed by atoms with Crippen molar-refractivity contribution in [1.82, 2.24) is 9.27 Å². The van der Waals surface area contributed by atoms with Crippen molar-refractivity contribution in [2.24, 2.45) is 5.41 Å². The molecule has 7 rings (SSSR count). The normalized spacial score (nSPS) is 20.3. The van der Waals surface area contributed by atoms with Gasteiger partial charge < -0.3 is 24.4 Å². The number of amides is 1. The van der Waals surface area contributed by atoms with Crippen LogP contribution in [0.25, 0.3) is 10.1 Å². The minimum atomic E-state index is -0.500. The van der Waals surface area contributed by atoms with Crippen molar-refractivity contribution < 1.29 is 14.0 Å². The zero-order valence-corrected chi connectivity index (χ0v) is 25.0.